The minimum absolute atomic E-state index is 0.172. The minimum Gasteiger partial charge on any atom is -0.480 e. The fraction of sp³-hybridized carbons (Fsp3) is 0.857. The molecule has 1 heterocycles. The Morgan fingerprint density at radius 1 is 1.42 bits per heavy atom. The lowest BCUT2D eigenvalue weighted by atomic mass is 9.76. The number of nitrogens with zero attached hydrogens (tertiary/aromatic N) is 2. The molecule has 1 saturated heterocycles. The third-order valence-electron chi connectivity index (χ3n) is 3.72. The van der Waals surface area contributed by atoms with Gasteiger partial charge in [-0.2, -0.15) is 0 Å². The molecule has 1 aliphatic heterocycles. The van der Waals surface area contributed by atoms with Crippen LogP contribution in [-0.4, -0.2) is 53.1 Å². The summed E-state index contributed by atoms with van der Waals surface area (Å²) >= 11 is 0. The first kappa shape index (κ1) is 15.8. The number of amides is 2. The fourth-order valence-corrected chi connectivity index (χ4v) is 2.91. The molecular weight excluding hydrogens is 244 g/mol. The molecule has 1 fully saturated rings. The maximum absolute atomic E-state index is 12.4. The van der Waals surface area contributed by atoms with Crippen LogP contribution in [0.5, 0.6) is 0 Å². The predicted octanol–water partition coefficient (Wildman–Crippen LogP) is 2.27. The highest BCUT2D eigenvalue weighted by atomic mass is 16.4. The van der Waals surface area contributed by atoms with Gasteiger partial charge in [-0.15, -0.1) is 0 Å². The van der Waals surface area contributed by atoms with Gasteiger partial charge in [0.05, 0.1) is 0 Å². The van der Waals surface area contributed by atoms with Gasteiger partial charge >= 0.3 is 12.0 Å². The van der Waals surface area contributed by atoms with Crippen LogP contribution in [0.4, 0.5) is 4.79 Å². The molecule has 0 aromatic carbocycles. The lowest BCUT2D eigenvalue weighted by Crippen LogP contribution is -2.59. The van der Waals surface area contributed by atoms with Crippen molar-refractivity contribution in [1.82, 2.24) is 9.80 Å². The zero-order chi connectivity index (χ0) is 14.8. The van der Waals surface area contributed by atoms with Gasteiger partial charge in [0.2, 0.25) is 0 Å². The van der Waals surface area contributed by atoms with Gasteiger partial charge in [-0.1, -0.05) is 27.7 Å². The molecule has 0 aromatic heterocycles. The lowest BCUT2D eigenvalue weighted by molar-refractivity contribution is -0.148. The van der Waals surface area contributed by atoms with E-state index in [4.69, 9.17) is 0 Å². The number of rotatable bonds is 3. The van der Waals surface area contributed by atoms with E-state index >= 15 is 0 Å². The van der Waals surface area contributed by atoms with Gasteiger partial charge in [-0.25, -0.2) is 9.59 Å². The third-order valence-corrected chi connectivity index (χ3v) is 3.72. The van der Waals surface area contributed by atoms with Crippen molar-refractivity contribution in [3.63, 3.8) is 0 Å². The van der Waals surface area contributed by atoms with Crippen LogP contribution in [0, 0.1) is 11.3 Å². The number of piperidine rings is 1. The monoisotopic (exact) mass is 270 g/mol. The topological polar surface area (TPSA) is 60.9 Å². The number of likely N-dealkylation sites (tertiary alicyclic amines) is 1. The lowest BCUT2D eigenvalue weighted by Gasteiger charge is -2.45. The summed E-state index contributed by atoms with van der Waals surface area (Å²) in [5.74, 6) is -0.536. The van der Waals surface area contributed by atoms with E-state index in [2.05, 4.69) is 0 Å². The Kier molecular flexibility index (Phi) is 4.82. The Morgan fingerprint density at radius 2 is 2.00 bits per heavy atom. The number of carbonyl (C=O) groups excluding carboxylic acids is 1. The first-order valence-electron chi connectivity index (χ1n) is 6.91. The van der Waals surface area contributed by atoms with Crippen LogP contribution < -0.4 is 0 Å². The Hall–Kier alpha value is -1.26. The summed E-state index contributed by atoms with van der Waals surface area (Å²) in [5, 5.41) is 9.44. The molecule has 0 aliphatic carbocycles. The van der Waals surface area contributed by atoms with E-state index in [1.54, 1.807) is 11.9 Å². The molecule has 1 N–H and O–H groups in total. The van der Waals surface area contributed by atoms with Crippen LogP contribution in [0.2, 0.25) is 0 Å². The number of aliphatic carboxylic acids is 1. The number of urea groups is 1. The molecule has 1 aliphatic rings. The van der Waals surface area contributed by atoms with Crippen molar-refractivity contribution in [3.8, 4) is 0 Å². The van der Waals surface area contributed by atoms with Gasteiger partial charge in [0, 0.05) is 20.1 Å². The van der Waals surface area contributed by atoms with Crippen LogP contribution in [0.1, 0.15) is 40.5 Å². The second kappa shape index (κ2) is 5.80. The molecule has 0 aromatic rings. The van der Waals surface area contributed by atoms with E-state index < -0.39 is 12.0 Å². The van der Waals surface area contributed by atoms with Crippen molar-refractivity contribution >= 4 is 12.0 Å². The third kappa shape index (κ3) is 3.61. The summed E-state index contributed by atoms with van der Waals surface area (Å²) in [7, 11) is 1.74. The van der Waals surface area contributed by atoms with Gasteiger partial charge in [0.25, 0.3) is 0 Å². The van der Waals surface area contributed by atoms with Crippen LogP contribution >= 0.6 is 0 Å². The van der Waals surface area contributed by atoms with Gasteiger partial charge in [-0.05, 0) is 24.2 Å². The molecule has 5 heteroatoms. The van der Waals surface area contributed by atoms with E-state index in [0.717, 1.165) is 12.8 Å². The molecule has 5 nitrogen and oxygen atoms in total. The average molecular weight is 270 g/mol. The molecular formula is C14H26N2O3. The number of carbonyl (C=O) groups is 2. The van der Waals surface area contributed by atoms with E-state index in [1.165, 1.54) is 4.90 Å². The van der Waals surface area contributed by atoms with Crippen LogP contribution in [0.25, 0.3) is 0 Å². The molecule has 2 amide bonds. The second-order valence-electron chi connectivity index (χ2n) is 6.58. The maximum atomic E-state index is 12.4. The Balaban J connectivity index is 2.90. The quantitative estimate of drug-likeness (QED) is 0.855. The SMILES string of the molecule is CC(C)CN(C)C(=O)N1CCCC(C)(C)C1C(=O)O. The van der Waals surface area contributed by atoms with Crippen molar-refractivity contribution in [2.45, 2.75) is 46.6 Å². The molecule has 0 spiro atoms. The van der Waals surface area contributed by atoms with E-state index in [-0.39, 0.29) is 11.4 Å². The summed E-state index contributed by atoms with van der Waals surface area (Å²) in [6, 6.07) is -0.905. The smallest absolute Gasteiger partial charge is 0.327 e. The standard InChI is InChI=1S/C14H26N2O3/c1-10(2)9-15(5)13(19)16-8-6-7-14(3,4)11(16)12(17)18/h10-11H,6-9H2,1-5H3,(H,17,18). The molecule has 19 heavy (non-hydrogen) atoms. The van der Waals surface area contributed by atoms with Crippen molar-refractivity contribution in [3.05, 3.63) is 0 Å². The van der Waals surface area contributed by atoms with Crippen molar-refractivity contribution < 1.29 is 14.7 Å². The average Bonchev–Trinajstić information content (AvgIpc) is 2.24. The molecule has 1 rings (SSSR count). The van der Waals surface area contributed by atoms with Gasteiger partial charge in [-0.3, -0.25) is 0 Å². The Labute approximate surface area is 115 Å². The maximum Gasteiger partial charge on any atom is 0.327 e. The summed E-state index contributed by atoms with van der Waals surface area (Å²) in [5.41, 5.74) is -0.377. The fourth-order valence-electron chi connectivity index (χ4n) is 2.91. The van der Waals surface area contributed by atoms with Crippen LogP contribution in [0.3, 0.4) is 0 Å². The molecule has 1 atom stereocenters. The van der Waals surface area contributed by atoms with E-state index in [0.29, 0.717) is 19.0 Å². The number of hydrogen-bond donors (Lipinski definition) is 1. The Bertz CT molecular complexity index is 353. The number of hydrogen-bond acceptors (Lipinski definition) is 2. The van der Waals surface area contributed by atoms with Crippen LogP contribution in [-0.2, 0) is 4.79 Å². The summed E-state index contributed by atoms with van der Waals surface area (Å²) < 4.78 is 0. The number of carboxylic acids is 1. The van der Waals surface area contributed by atoms with Crippen molar-refractivity contribution in [2.75, 3.05) is 20.1 Å². The van der Waals surface area contributed by atoms with Gasteiger partial charge < -0.3 is 14.9 Å². The summed E-state index contributed by atoms with van der Waals surface area (Å²) in [6.45, 7) is 9.10. The molecule has 1 unspecified atom stereocenters. The zero-order valence-corrected chi connectivity index (χ0v) is 12.6. The van der Waals surface area contributed by atoms with Crippen LogP contribution in [0.15, 0.2) is 0 Å². The van der Waals surface area contributed by atoms with E-state index in [9.17, 15) is 14.7 Å². The highest BCUT2D eigenvalue weighted by Gasteiger charge is 2.45. The van der Waals surface area contributed by atoms with Crippen molar-refractivity contribution in [1.29, 1.82) is 0 Å². The predicted molar refractivity (Wildman–Crippen MR) is 74.0 cm³/mol. The largest absolute Gasteiger partial charge is 0.480 e. The first-order chi connectivity index (χ1) is 8.66. The van der Waals surface area contributed by atoms with Gasteiger partial charge in [0.1, 0.15) is 6.04 Å². The molecule has 0 saturated carbocycles. The van der Waals surface area contributed by atoms with Gasteiger partial charge in [0.15, 0.2) is 0 Å². The molecule has 0 radical (unpaired) electrons. The normalized spacial score (nSPS) is 22.4. The summed E-state index contributed by atoms with van der Waals surface area (Å²) in [4.78, 5) is 27.1. The van der Waals surface area contributed by atoms with E-state index in [1.807, 2.05) is 27.7 Å². The minimum atomic E-state index is -0.906. The zero-order valence-electron chi connectivity index (χ0n) is 12.6. The Morgan fingerprint density at radius 3 is 2.47 bits per heavy atom. The first-order valence-corrected chi connectivity index (χ1v) is 6.91. The molecule has 110 valence electrons. The number of carboxylic acid groups (broad SMARTS) is 1. The van der Waals surface area contributed by atoms with Crippen molar-refractivity contribution in [2.24, 2.45) is 11.3 Å². The molecule has 0 bridgehead atoms. The highest BCUT2D eigenvalue weighted by Crippen LogP contribution is 2.35. The highest BCUT2D eigenvalue weighted by molar-refractivity contribution is 5.83. The second-order valence-corrected chi connectivity index (χ2v) is 6.58. The summed E-state index contributed by atoms with van der Waals surface area (Å²) in [6.07, 6.45) is 1.69.